The molecule has 0 radical (unpaired) electrons. The average molecular weight is 686 g/mol. The van der Waals surface area contributed by atoms with E-state index in [1.807, 2.05) is 65.6 Å². The van der Waals surface area contributed by atoms with Gasteiger partial charge in [0.2, 0.25) is 11.8 Å². The first kappa shape index (κ1) is 37.9. The molecule has 1 aliphatic rings. The van der Waals surface area contributed by atoms with Crippen molar-refractivity contribution >= 4 is 17.9 Å². The molecule has 264 valence electrons. The van der Waals surface area contributed by atoms with E-state index in [1.54, 1.807) is 17.1 Å². The number of nitrogens with zero attached hydrogens (tertiary/aromatic N) is 3. The number of rotatable bonds is 16. The lowest BCUT2D eigenvalue weighted by Crippen LogP contribution is -2.56. The third kappa shape index (κ3) is 11.3. The van der Waals surface area contributed by atoms with Crippen LogP contribution in [0.1, 0.15) is 42.0 Å². The zero-order chi connectivity index (χ0) is 35.9. The third-order valence-electron chi connectivity index (χ3n) is 8.60. The molecule has 1 aliphatic heterocycles. The number of carbonyl (C=O) groups excluding carboxylic acids is 2. The Morgan fingerprint density at radius 2 is 1.60 bits per heavy atom. The minimum Gasteiger partial charge on any atom is -0.494 e. The zero-order valence-corrected chi connectivity index (χ0v) is 28.7. The number of hydrogen-bond acceptors (Lipinski definition) is 4. The number of piperazine rings is 1. The Labute approximate surface area is 293 Å². The maximum atomic E-state index is 14.5. The molecule has 50 heavy (non-hydrogen) atoms. The van der Waals surface area contributed by atoms with Crippen molar-refractivity contribution in [3.8, 4) is 5.75 Å². The quantitative estimate of drug-likeness (QED) is 0.0872. The highest BCUT2D eigenvalue weighted by atomic mass is 19.4. The van der Waals surface area contributed by atoms with Crippen LogP contribution in [-0.2, 0) is 28.7 Å². The van der Waals surface area contributed by atoms with Gasteiger partial charge in [-0.3, -0.25) is 14.5 Å². The standard InChI is InChI=1S/C41H46F3N3O3/c1-4-7-28-50-37-21-16-35(17-22-37)31-47(39(48)23-18-33-14-19-36(20-15-33)41(42,43)44)38(29-34-12-9-8-10-13-34)40(49)46-26-24-45(25-27-46)30-32(6-3)11-5-2/h5-6,8-23,38H,2-4,7,24-31H2,1H3/b23-18+,32-11+/t38-/m0/s1. The Bertz CT molecular complexity index is 1610. The normalized spacial score (nSPS) is 14.7. The number of carbonyl (C=O) groups is 2. The number of hydrogen-bond donors (Lipinski definition) is 0. The first-order valence-electron chi connectivity index (χ1n) is 17.0. The van der Waals surface area contributed by atoms with E-state index in [2.05, 4.69) is 25.0 Å². The predicted molar refractivity (Wildman–Crippen MR) is 193 cm³/mol. The van der Waals surface area contributed by atoms with Gasteiger partial charge in [-0.2, -0.15) is 13.2 Å². The molecule has 0 aliphatic carbocycles. The first-order valence-corrected chi connectivity index (χ1v) is 17.0. The van der Waals surface area contributed by atoms with E-state index >= 15 is 0 Å². The molecule has 0 N–H and O–H groups in total. The molecule has 0 saturated carbocycles. The van der Waals surface area contributed by atoms with Crippen LogP contribution in [0.5, 0.6) is 5.75 Å². The van der Waals surface area contributed by atoms with E-state index in [0.29, 0.717) is 51.3 Å². The summed E-state index contributed by atoms with van der Waals surface area (Å²) in [5.41, 5.74) is 2.42. The fourth-order valence-electron chi connectivity index (χ4n) is 5.71. The van der Waals surface area contributed by atoms with Crippen LogP contribution in [0.25, 0.3) is 6.08 Å². The lowest BCUT2D eigenvalue weighted by atomic mass is 10.0. The molecule has 9 heteroatoms. The Morgan fingerprint density at radius 3 is 2.20 bits per heavy atom. The molecule has 0 unspecified atom stereocenters. The second-order valence-electron chi connectivity index (χ2n) is 12.3. The van der Waals surface area contributed by atoms with Gasteiger partial charge in [0.25, 0.3) is 0 Å². The summed E-state index contributed by atoms with van der Waals surface area (Å²) in [6.07, 6.45) is 6.06. The lowest BCUT2D eigenvalue weighted by Gasteiger charge is -2.39. The number of alkyl halides is 3. The average Bonchev–Trinajstić information content (AvgIpc) is 3.13. The molecule has 6 nitrogen and oxygen atoms in total. The van der Waals surface area contributed by atoms with Crippen molar-refractivity contribution in [1.82, 2.24) is 14.7 Å². The SMILES string of the molecule is C=C/C=C(\C=C)CN1CCN(C(=O)[C@H](Cc2ccccc2)N(Cc2ccc(OCCCC)cc2)C(=O)/C=C/c2ccc(C(F)(F)F)cc2)CC1. The summed E-state index contributed by atoms with van der Waals surface area (Å²) < 4.78 is 45.2. The smallest absolute Gasteiger partial charge is 0.416 e. The third-order valence-corrected chi connectivity index (χ3v) is 8.60. The number of benzene rings is 3. The highest BCUT2D eigenvalue weighted by Crippen LogP contribution is 2.29. The summed E-state index contributed by atoms with van der Waals surface area (Å²) >= 11 is 0. The molecule has 2 amide bonds. The van der Waals surface area contributed by atoms with Crippen LogP contribution >= 0.6 is 0 Å². The van der Waals surface area contributed by atoms with Crippen molar-refractivity contribution < 1.29 is 27.5 Å². The number of unbranched alkanes of at least 4 members (excludes halogenated alkanes) is 1. The summed E-state index contributed by atoms with van der Waals surface area (Å²) in [5.74, 6) is 0.140. The largest absolute Gasteiger partial charge is 0.494 e. The molecule has 0 aromatic heterocycles. The van der Waals surface area contributed by atoms with E-state index in [0.717, 1.165) is 47.4 Å². The van der Waals surface area contributed by atoms with Crippen LogP contribution in [0, 0.1) is 0 Å². The van der Waals surface area contributed by atoms with Gasteiger partial charge in [-0.05, 0) is 59.0 Å². The fourth-order valence-corrected chi connectivity index (χ4v) is 5.71. The van der Waals surface area contributed by atoms with Crippen molar-refractivity contribution in [3.63, 3.8) is 0 Å². The van der Waals surface area contributed by atoms with Gasteiger partial charge in [0, 0.05) is 51.8 Å². The highest BCUT2D eigenvalue weighted by Gasteiger charge is 2.34. The first-order chi connectivity index (χ1) is 24.1. The van der Waals surface area contributed by atoms with Gasteiger partial charge in [-0.1, -0.05) is 99.3 Å². The van der Waals surface area contributed by atoms with Gasteiger partial charge < -0.3 is 14.5 Å². The highest BCUT2D eigenvalue weighted by molar-refractivity contribution is 5.95. The molecule has 4 rings (SSSR count). The molecule has 1 fully saturated rings. The Balaban J connectivity index is 1.63. The monoisotopic (exact) mass is 685 g/mol. The molecular weight excluding hydrogens is 639 g/mol. The van der Waals surface area contributed by atoms with Crippen LogP contribution in [0.2, 0.25) is 0 Å². The van der Waals surface area contributed by atoms with E-state index in [-0.39, 0.29) is 12.5 Å². The van der Waals surface area contributed by atoms with Crippen molar-refractivity contribution in [2.24, 2.45) is 0 Å². The van der Waals surface area contributed by atoms with Crippen LogP contribution < -0.4 is 4.74 Å². The van der Waals surface area contributed by atoms with Gasteiger partial charge in [-0.25, -0.2) is 0 Å². The van der Waals surface area contributed by atoms with Crippen LogP contribution in [0.4, 0.5) is 13.2 Å². The molecule has 0 spiro atoms. The van der Waals surface area contributed by atoms with E-state index in [9.17, 15) is 22.8 Å². The van der Waals surface area contributed by atoms with Crippen molar-refractivity contribution in [2.45, 2.75) is 44.9 Å². The summed E-state index contributed by atoms with van der Waals surface area (Å²) in [4.78, 5) is 34.2. The number of ether oxygens (including phenoxy) is 1. The number of allylic oxidation sites excluding steroid dienone is 2. The van der Waals surface area contributed by atoms with E-state index in [1.165, 1.54) is 24.3 Å². The maximum Gasteiger partial charge on any atom is 0.416 e. The molecular formula is C41H46F3N3O3. The van der Waals surface area contributed by atoms with Crippen molar-refractivity contribution in [2.75, 3.05) is 39.3 Å². The van der Waals surface area contributed by atoms with Crippen molar-refractivity contribution in [1.29, 1.82) is 0 Å². The summed E-state index contributed by atoms with van der Waals surface area (Å²) in [5, 5.41) is 0. The summed E-state index contributed by atoms with van der Waals surface area (Å²) in [6.45, 7) is 13.5. The van der Waals surface area contributed by atoms with Gasteiger partial charge >= 0.3 is 6.18 Å². The summed E-state index contributed by atoms with van der Waals surface area (Å²) in [7, 11) is 0. The van der Waals surface area contributed by atoms with Crippen LogP contribution in [0.15, 0.2) is 122 Å². The Kier molecular flexibility index (Phi) is 14.2. The maximum absolute atomic E-state index is 14.5. The topological polar surface area (TPSA) is 53.1 Å². The molecule has 3 aromatic rings. The van der Waals surface area contributed by atoms with Gasteiger partial charge in [0.15, 0.2) is 0 Å². The van der Waals surface area contributed by atoms with Gasteiger partial charge in [0.05, 0.1) is 12.2 Å². The molecule has 1 heterocycles. The minimum atomic E-state index is -4.46. The summed E-state index contributed by atoms with van der Waals surface area (Å²) in [6, 6.07) is 20.8. The fraction of sp³-hybridized carbons (Fsp3) is 0.317. The molecule has 0 bridgehead atoms. The second kappa shape index (κ2) is 18.8. The number of amides is 2. The predicted octanol–water partition coefficient (Wildman–Crippen LogP) is 7.98. The minimum absolute atomic E-state index is 0.143. The second-order valence-corrected chi connectivity index (χ2v) is 12.3. The van der Waals surface area contributed by atoms with Crippen LogP contribution in [0.3, 0.4) is 0 Å². The van der Waals surface area contributed by atoms with E-state index < -0.39 is 23.7 Å². The Hall–Kier alpha value is -4.89. The molecule has 1 atom stereocenters. The zero-order valence-electron chi connectivity index (χ0n) is 28.7. The van der Waals surface area contributed by atoms with E-state index in [4.69, 9.17) is 4.74 Å². The Morgan fingerprint density at radius 1 is 0.920 bits per heavy atom. The van der Waals surface area contributed by atoms with Gasteiger partial charge in [0.1, 0.15) is 11.8 Å². The van der Waals surface area contributed by atoms with Crippen LogP contribution in [-0.4, -0.2) is 71.9 Å². The van der Waals surface area contributed by atoms with Gasteiger partial charge in [-0.15, -0.1) is 0 Å². The number of halogens is 3. The molecule has 3 aromatic carbocycles. The molecule has 1 saturated heterocycles. The lowest BCUT2D eigenvalue weighted by molar-refractivity contribution is -0.145. The van der Waals surface area contributed by atoms with Crippen molar-refractivity contribution in [3.05, 3.63) is 144 Å².